The number of benzene rings is 1. The molecule has 0 aliphatic carbocycles. The van der Waals surface area contributed by atoms with Gasteiger partial charge in [-0.2, -0.15) is 5.26 Å². The van der Waals surface area contributed by atoms with Crippen LogP contribution in [0.3, 0.4) is 0 Å². The number of hydrogen-bond donors (Lipinski definition) is 0. The summed E-state index contributed by atoms with van der Waals surface area (Å²) in [6.45, 7) is 2.02. The molecule has 0 saturated carbocycles. The van der Waals surface area contributed by atoms with Crippen molar-refractivity contribution in [2.75, 3.05) is 7.11 Å². The van der Waals surface area contributed by atoms with Gasteiger partial charge in [-0.05, 0) is 46.2 Å². The first-order valence-corrected chi connectivity index (χ1v) is 5.98. The third-order valence-corrected chi connectivity index (χ3v) is 3.57. The maximum atomic E-state index is 11.2. The highest BCUT2D eigenvalue weighted by molar-refractivity contribution is 14.1. The maximum absolute atomic E-state index is 11.2. The molecule has 0 saturated heterocycles. The van der Waals surface area contributed by atoms with E-state index in [2.05, 4.69) is 33.4 Å². The lowest BCUT2D eigenvalue weighted by atomic mass is 10.0. The first-order valence-electron chi connectivity index (χ1n) is 4.90. The molecule has 0 radical (unpaired) electrons. The number of esters is 1. The number of ether oxygens (including phenoxy) is 1. The van der Waals surface area contributed by atoms with Crippen molar-refractivity contribution in [3.63, 3.8) is 0 Å². The molecule has 0 N–H and O–H groups in total. The van der Waals surface area contributed by atoms with E-state index in [1.165, 1.54) is 7.11 Å². The third kappa shape index (κ3) is 2.95. The summed E-state index contributed by atoms with van der Waals surface area (Å²) in [6.07, 6.45) is 1.07. The second-order valence-corrected chi connectivity index (χ2v) is 4.41. The van der Waals surface area contributed by atoms with Gasteiger partial charge in [0, 0.05) is 3.57 Å². The molecule has 0 fully saturated rings. The summed E-state index contributed by atoms with van der Waals surface area (Å²) >= 11 is 2.09. The zero-order valence-corrected chi connectivity index (χ0v) is 11.4. The van der Waals surface area contributed by atoms with Gasteiger partial charge in [0.1, 0.15) is 6.07 Å². The van der Waals surface area contributed by atoms with Crippen LogP contribution in [0.2, 0.25) is 0 Å². The van der Waals surface area contributed by atoms with E-state index < -0.39 is 0 Å². The average Bonchev–Trinajstić information content (AvgIpc) is 2.31. The smallest absolute Gasteiger partial charge is 0.310 e. The van der Waals surface area contributed by atoms with E-state index in [1.54, 1.807) is 0 Å². The van der Waals surface area contributed by atoms with Crippen LogP contribution in [0.25, 0.3) is 0 Å². The normalized spacial score (nSPS) is 9.62. The van der Waals surface area contributed by atoms with E-state index in [9.17, 15) is 4.79 Å². The van der Waals surface area contributed by atoms with Crippen LogP contribution in [-0.4, -0.2) is 13.1 Å². The van der Waals surface area contributed by atoms with Gasteiger partial charge in [0.25, 0.3) is 0 Å². The molecule has 1 aromatic rings. The summed E-state index contributed by atoms with van der Waals surface area (Å²) in [6, 6.07) is 5.96. The van der Waals surface area contributed by atoms with Crippen molar-refractivity contribution in [3.8, 4) is 6.07 Å². The number of rotatable bonds is 3. The fraction of sp³-hybridized carbons (Fsp3) is 0.333. The van der Waals surface area contributed by atoms with E-state index in [0.29, 0.717) is 5.56 Å². The molecule has 1 aromatic carbocycles. The van der Waals surface area contributed by atoms with Crippen LogP contribution in [0.1, 0.15) is 23.6 Å². The Kier molecular flexibility index (Phi) is 4.74. The number of methoxy groups -OCH3 is 1. The summed E-state index contributed by atoms with van der Waals surface area (Å²) in [5.74, 6) is -0.282. The van der Waals surface area contributed by atoms with E-state index in [0.717, 1.165) is 21.1 Å². The summed E-state index contributed by atoms with van der Waals surface area (Å²) in [7, 11) is 1.37. The highest BCUT2D eigenvalue weighted by Crippen LogP contribution is 2.20. The summed E-state index contributed by atoms with van der Waals surface area (Å²) in [5.41, 5.74) is 2.55. The fourth-order valence-electron chi connectivity index (χ4n) is 1.39. The Morgan fingerprint density at radius 2 is 2.25 bits per heavy atom. The topological polar surface area (TPSA) is 50.1 Å². The van der Waals surface area contributed by atoms with Gasteiger partial charge < -0.3 is 4.74 Å². The average molecular weight is 329 g/mol. The number of carbonyl (C=O) groups is 1. The zero-order chi connectivity index (χ0) is 12.1. The molecule has 0 unspecified atom stereocenters. The van der Waals surface area contributed by atoms with E-state index >= 15 is 0 Å². The van der Waals surface area contributed by atoms with Crippen LogP contribution < -0.4 is 0 Å². The molecule has 0 aliphatic heterocycles. The molecule has 0 heterocycles. The predicted molar refractivity (Wildman–Crippen MR) is 69.0 cm³/mol. The minimum Gasteiger partial charge on any atom is -0.469 e. The molecule has 0 aliphatic rings. The fourth-order valence-corrected chi connectivity index (χ4v) is 2.02. The third-order valence-electron chi connectivity index (χ3n) is 2.30. The van der Waals surface area contributed by atoms with Crippen molar-refractivity contribution in [2.24, 2.45) is 0 Å². The molecule has 0 amide bonds. The first-order chi connectivity index (χ1) is 7.62. The Morgan fingerprint density at radius 1 is 1.56 bits per heavy atom. The molecule has 0 spiro atoms. The summed E-state index contributed by atoms with van der Waals surface area (Å²) in [4.78, 5) is 11.2. The lowest BCUT2D eigenvalue weighted by Gasteiger charge is -2.07. The largest absolute Gasteiger partial charge is 0.469 e. The van der Waals surface area contributed by atoms with Gasteiger partial charge in [-0.15, -0.1) is 0 Å². The molecule has 4 heteroatoms. The number of nitriles is 1. The van der Waals surface area contributed by atoms with Crippen LogP contribution in [-0.2, 0) is 22.4 Å². The lowest BCUT2D eigenvalue weighted by molar-refractivity contribution is -0.139. The van der Waals surface area contributed by atoms with Gasteiger partial charge >= 0.3 is 5.97 Å². The minimum atomic E-state index is -0.282. The molecule has 1 rings (SSSR count). The van der Waals surface area contributed by atoms with Crippen LogP contribution in [0.15, 0.2) is 12.1 Å². The highest BCUT2D eigenvalue weighted by atomic mass is 127. The molecule has 16 heavy (non-hydrogen) atoms. The standard InChI is InChI=1S/C12H12INO2/c1-3-8-4-9(6-11(15)16-2)12(13)10(5-8)7-14/h4-5H,3,6H2,1-2H3. The Morgan fingerprint density at radius 3 is 2.75 bits per heavy atom. The number of hydrogen-bond acceptors (Lipinski definition) is 3. The van der Waals surface area contributed by atoms with Gasteiger partial charge in [0.15, 0.2) is 0 Å². The first kappa shape index (κ1) is 13.0. The Balaban J connectivity index is 3.17. The van der Waals surface area contributed by atoms with Crippen molar-refractivity contribution < 1.29 is 9.53 Å². The quantitative estimate of drug-likeness (QED) is 0.632. The van der Waals surface area contributed by atoms with E-state index in [-0.39, 0.29) is 12.4 Å². The molecule has 0 atom stereocenters. The van der Waals surface area contributed by atoms with Gasteiger partial charge in [0.05, 0.1) is 19.1 Å². The van der Waals surface area contributed by atoms with Gasteiger partial charge in [-0.3, -0.25) is 4.79 Å². The zero-order valence-electron chi connectivity index (χ0n) is 9.21. The van der Waals surface area contributed by atoms with Crippen molar-refractivity contribution in [3.05, 3.63) is 32.4 Å². The number of nitrogens with zero attached hydrogens (tertiary/aromatic N) is 1. The Hall–Kier alpha value is -1.09. The Bertz CT molecular complexity index is 449. The van der Waals surface area contributed by atoms with Crippen molar-refractivity contribution in [2.45, 2.75) is 19.8 Å². The number of carbonyl (C=O) groups excluding carboxylic acids is 1. The van der Waals surface area contributed by atoms with Crippen molar-refractivity contribution >= 4 is 28.6 Å². The van der Waals surface area contributed by atoms with Crippen molar-refractivity contribution in [1.29, 1.82) is 5.26 Å². The molecular formula is C12H12INO2. The van der Waals surface area contributed by atoms with Gasteiger partial charge in [-0.1, -0.05) is 13.0 Å². The van der Waals surface area contributed by atoms with Crippen LogP contribution in [0.5, 0.6) is 0 Å². The molecule has 0 aromatic heterocycles. The highest BCUT2D eigenvalue weighted by Gasteiger charge is 2.11. The van der Waals surface area contributed by atoms with Gasteiger partial charge in [-0.25, -0.2) is 0 Å². The lowest BCUT2D eigenvalue weighted by Crippen LogP contribution is -2.07. The second kappa shape index (κ2) is 5.85. The van der Waals surface area contributed by atoms with Crippen LogP contribution in [0.4, 0.5) is 0 Å². The number of aryl methyl sites for hydroxylation is 1. The molecule has 3 nitrogen and oxygen atoms in total. The SMILES string of the molecule is CCc1cc(C#N)c(I)c(CC(=O)OC)c1. The van der Waals surface area contributed by atoms with E-state index in [4.69, 9.17) is 5.26 Å². The summed E-state index contributed by atoms with van der Waals surface area (Å²) < 4.78 is 5.47. The minimum absolute atomic E-state index is 0.220. The Labute approximate surface area is 109 Å². The monoisotopic (exact) mass is 329 g/mol. The maximum Gasteiger partial charge on any atom is 0.310 e. The van der Waals surface area contributed by atoms with Crippen molar-refractivity contribution in [1.82, 2.24) is 0 Å². The number of halogens is 1. The van der Waals surface area contributed by atoms with Gasteiger partial charge in [0.2, 0.25) is 0 Å². The summed E-state index contributed by atoms with van der Waals surface area (Å²) in [5, 5.41) is 8.98. The van der Waals surface area contributed by atoms with Crippen LogP contribution in [0, 0.1) is 14.9 Å². The predicted octanol–water partition coefficient (Wildman–Crippen LogP) is 2.44. The second-order valence-electron chi connectivity index (χ2n) is 3.33. The van der Waals surface area contributed by atoms with E-state index in [1.807, 2.05) is 19.1 Å². The molecule has 84 valence electrons. The molecule has 0 bridgehead atoms. The van der Waals surface area contributed by atoms with Crippen LogP contribution >= 0.6 is 22.6 Å². The molecular weight excluding hydrogens is 317 g/mol.